The molecule has 4 nitrogen and oxygen atoms in total. The first-order valence-corrected chi connectivity index (χ1v) is 5.40. The smallest absolute Gasteiger partial charge is 0.0641 e. The number of aryl methyl sites for hydroxylation is 2. The highest BCUT2D eigenvalue weighted by Crippen LogP contribution is 2.10. The molecule has 86 valence electrons. The van der Waals surface area contributed by atoms with Crippen molar-refractivity contribution >= 4 is 0 Å². The number of rotatable bonds is 5. The summed E-state index contributed by atoms with van der Waals surface area (Å²) in [6.45, 7) is 7.58. The van der Waals surface area contributed by atoms with Gasteiger partial charge in [0, 0.05) is 24.8 Å². The minimum absolute atomic E-state index is 0.228. The number of nitrogens with zero attached hydrogens (tertiary/aromatic N) is 2. The number of aliphatic hydroxyl groups excluding tert-OH is 1. The Morgan fingerprint density at radius 1 is 1.47 bits per heavy atom. The van der Waals surface area contributed by atoms with Crippen LogP contribution in [0.3, 0.4) is 0 Å². The maximum Gasteiger partial charge on any atom is 0.0641 e. The van der Waals surface area contributed by atoms with Gasteiger partial charge in [0.15, 0.2) is 0 Å². The zero-order chi connectivity index (χ0) is 11.4. The topological polar surface area (TPSA) is 50.1 Å². The van der Waals surface area contributed by atoms with Crippen LogP contribution in [0.4, 0.5) is 0 Å². The van der Waals surface area contributed by atoms with E-state index in [2.05, 4.69) is 17.3 Å². The van der Waals surface area contributed by atoms with Crippen molar-refractivity contribution in [3.63, 3.8) is 0 Å². The third-order valence-corrected chi connectivity index (χ3v) is 2.70. The summed E-state index contributed by atoms with van der Waals surface area (Å²) in [5.74, 6) is 0. The van der Waals surface area contributed by atoms with Crippen molar-refractivity contribution in [1.82, 2.24) is 15.1 Å². The summed E-state index contributed by atoms with van der Waals surface area (Å²) in [6, 6.07) is 0. The van der Waals surface area contributed by atoms with Gasteiger partial charge in [-0.2, -0.15) is 5.10 Å². The van der Waals surface area contributed by atoms with Crippen LogP contribution in [0, 0.1) is 13.8 Å². The lowest BCUT2D eigenvalue weighted by atomic mass is 10.2. The summed E-state index contributed by atoms with van der Waals surface area (Å²) < 4.78 is 1.90. The molecule has 15 heavy (non-hydrogen) atoms. The Morgan fingerprint density at radius 2 is 2.13 bits per heavy atom. The Morgan fingerprint density at radius 3 is 2.60 bits per heavy atom. The van der Waals surface area contributed by atoms with Crippen LogP contribution in [0.5, 0.6) is 0 Å². The number of hydrogen-bond donors (Lipinski definition) is 2. The van der Waals surface area contributed by atoms with Crippen LogP contribution >= 0.6 is 0 Å². The van der Waals surface area contributed by atoms with E-state index in [1.807, 2.05) is 25.6 Å². The molecule has 0 bridgehead atoms. The quantitative estimate of drug-likeness (QED) is 0.711. The molecule has 1 heterocycles. The fourth-order valence-electron chi connectivity index (χ4n) is 1.60. The van der Waals surface area contributed by atoms with Crippen molar-refractivity contribution in [1.29, 1.82) is 0 Å². The van der Waals surface area contributed by atoms with Crippen LogP contribution in [0.1, 0.15) is 30.3 Å². The summed E-state index contributed by atoms with van der Waals surface area (Å²) in [4.78, 5) is 0. The molecule has 1 unspecified atom stereocenters. The zero-order valence-electron chi connectivity index (χ0n) is 10.0. The average molecular weight is 211 g/mol. The van der Waals surface area contributed by atoms with Crippen LogP contribution in [0.2, 0.25) is 0 Å². The van der Waals surface area contributed by atoms with Gasteiger partial charge in [-0.05, 0) is 33.7 Å². The number of hydrogen-bond acceptors (Lipinski definition) is 3. The highest BCUT2D eigenvalue weighted by molar-refractivity contribution is 5.23. The van der Waals surface area contributed by atoms with E-state index in [0.717, 1.165) is 25.2 Å². The normalized spacial score (nSPS) is 13.1. The van der Waals surface area contributed by atoms with E-state index in [9.17, 15) is 0 Å². The van der Waals surface area contributed by atoms with Gasteiger partial charge >= 0.3 is 0 Å². The van der Waals surface area contributed by atoms with Gasteiger partial charge in [0.2, 0.25) is 0 Å². The van der Waals surface area contributed by atoms with Crippen molar-refractivity contribution in [2.24, 2.45) is 7.05 Å². The lowest BCUT2D eigenvalue weighted by Gasteiger charge is -2.06. The highest BCUT2D eigenvalue weighted by atomic mass is 16.3. The van der Waals surface area contributed by atoms with E-state index in [-0.39, 0.29) is 6.10 Å². The number of aromatic nitrogens is 2. The molecule has 1 aromatic heterocycles. The van der Waals surface area contributed by atoms with Gasteiger partial charge in [-0.25, -0.2) is 0 Å². The molecule has 0 aromatic carbocycles. The molecule has 1 atom stereocenters. The Kier molecular flexibility index (Phi) is 4.29. The predicted molar refractivity (Wildman–Crippen MR) is 60.7 cm³/mol. The van der Waals surface area contributed by atoms with Gasteiger partial charge in [0.05, 0.1) is 11.8 Å². The van der Waals surface area contributed by atoms with Crippen LogP contribution < -0.4 is 5.32 Å². The summed E-state index contributed by atoms with van der Waals surface area (Å²) in [7, 11) is 1.96. The van der Waals surface area contributed by atoms with E-state index in [1.165, 1.54) is 11.3 Å². The van der Waals surface area contributed by atoms with E-state index in [1.54, 1.807) is 0 Å². The molecular formula is C11H21N3O. The van der Waals surface area contributed by atoms with Crippen LogP contribution in [-0.2, 0) is 13.6 Å². The second kappa shape index (κ2) is 5.28. The zero-order valence-corrected chi connectivity index (χ0v) is 10.0. The Bertz CT molecular complexity index is 318. The van der Waals surface area contributed by atoms with Crippen molar-refractivity contribution in [2.45, 2.75) is 39.8 Å². The maximum absolute atomic E-state index is 9.11. The largest absolute Gasteiger partial charge is 0.393 e. The Labute approximate surface area is 91.3 Å². The SMILES string of the molecule is Cc1nn(C)c(C)c1CNCCC(C)O. The molecule has 0 saturated heterocycles. The molecule has 0 saturated carbocycles. The number of nitrogens with one attached hydrogen (secondary N) is 1. The third-order valence-electron chi connectivity index (χ3n) is 2.70. The van der Waals surface area contributed by atoms with Gasteiger partial charge in [-0.3, -0.25) is 4.68 Å². The number of aliphatic hydroxyl groups is 1. The second-order valence-electron chi connectivity index (χ2n) is 4.09. The van der Waals surface area contributed by atoms with Crippen LogP contribution in [0.25, 0.3) is 0 Å². The molecular weight excluding hydrogens is 190 g/mol. The summed E-state index contributed by atoms with van der Waals surface area (Å²) in [6.07, 6.45) is 0.562. The molecule has 0 spiro atoms. The predicted octanol–water partition coefficient (Wildman–Crippen LogP) is 0.897. The molecule has 0 aliphatic rings. The van der Waals surface area contributed by atoms with Crippen molar-refractivity contribution < 1.29 is 5.11 Å². The maximum atomic E-state index is 9.11. The third kappa shape index (κ3) is 3.32. The van der Waals surface area contributed by atoms with Gasteiger partial charge in [0.1, 0.15) is 0 Å². The lowest BCUT2D eigenvalue weighted by molar-refractivity contribution is 0.183. The molecule has 4 heteroatoms. The standard InChI is InChI=1S/C11H21N3O/c1-8(15)5-6-12-7-11-9(2)13-14(4)10(11)3/h8,12,15H,5-7H2,1-4H3. The molecule has 0 aliphatic heterocycles. The van der Waals surface area contributed by atoms with Gasteiger partial charge in [-0.15, -0.1) is 0 Å². The van der Waals surface area contributed by atoms with Crippen LogP contribution in [0.15, 0.2) is 0 Å². The Hall–Kier alpha value is -0.870. The second-order valence-corrected chi connectivity index (χ2v) is 4.09. The summed E-state index contributed by atoms with van der Waals surface area (Å²) >= 11 is 0. The van der Waals surface area contributed by atoms with Gasteiger partial charge < -0.3 is 10.4 Å². The lowest BCUT2D eigenvalue weighted by Crippen LogP contribution is -2.19. The fraction of sp³-hybridized carbons (Fsp3) is 0.727. The first-order chi connectivity index (χ1) is 7.02. The van der Waals surface area contributed by atoms with Crippen molar-refractivity contribution in [3.05, 3.63) is 17.0 Å². The molecule has 0 radical (unpaired) electrons. The van der Waals surface area contributed by atoms with Crippen molar-refractivity contribution in [2.75, 3.05) is 6.54 Å². The summed E-state index contributed by atoms with van der Waals surface area (Å²) in [5, 5.41) is 16.8. The Balaban J connectivity index is 2.44. The van der Waals surface area contributed by atoms with E-state index in [0.29, 0.717) is 0 Å². The van der Waals surface area contributed by atoms with Gasteiger partial charge in [-0.1, -0.05) is 0 Å². The highest BCUT2D eigenvalue weighted by Gasteiger charge is 2.08. The minimum Gasteiger partial charge on any atom is -0.393 e. The average Bonchev–Trinajstić information content (AvgIpc) is 2.37. The van der Waals surface area contributed by atoms with E-state index >= 15 is 0 Å². The molecule has 2 N–H and O–H groups in total. The first kappa shape index (κ1) is 12.2. The van der Waals surface area contributed by atoms with E-state index in [4.69, 9.17) is 5.11 Å². The first-order valence-electron chi connectivity index (χ1n) is 5.40. The molecule has 0 aliphatic carbocycles. The minimum atomic E-state index is -0.228. The molecule has 1 rings (SSSR count). The molecule has 0 amide bonds. The van der Waals surface area contributed by atoms with Gasteiger partial charge in [0.25, 0.3) is 0 Å². The molecule has 0 fully saturated rings. The monoisotopic (exact) mass is 211 g/mol. The summed E-state index contributed by atoms with van der Waals surface area (Å²) in [5.41, 5.74) is 3.56. The fourth-order valence-corrected chi connectivity index (χ4v) is 1.60. The van der Waals surface area contributed by atoms with E-state index < -0.39 is 0 Å². The van der Waals surface area contributed by atoms with Crippen LogP contribution in [-0.4, -0.2) is 27.5 Å². The van der Waals surface area contributed by atoms with Crippen molar-refractivity contribution in [3.8, 4) is 0 Å². The molecule has 1 aromatic rings.